The molecule has 0 aliphatic rings. The standard InChI is InChI=1S/C19H17N5O2/c25-18(23-12-16-5-1-3-7-21-16)14-9-15(11-20-10-14)19(26)24-13-17-6-2-4-8-22-17/h1-11H,12-13H2,(H,23,25)(H,24,26). The fraction of sp³-hybridized carbons (Fsp3) is 0.105. The molecule has 130 valence electrons. The summed E-state index contributed by atoms with van der Waals surface area (Å²) >= 11 is 0. The molecule has 0 aromatic carbocycles. The van der Waals surface area contributed by atoms with Crippen LogP contribution in [0.5, 0.6) is 0 Å². The molecule has 7 heteroatoms. The molecule has 0 fully saturated rings. The van der Waals surface area contributed by atoms with Crippen molar-refractivity contribution < 1.29 is 9.59 Å². The molecule has 0 spiro atoms. The Kier molecular flexibility index (Phi) is 5.61. The van der Waals surface area contributed by atoms with Gasteiger partial charge in [0.2, 0.25) is 0 Å². The van der Waals surface area contributed by atoms with Gasteiger partial charge in [0, 0.05) is 24.8 Å². The third kappa shape index (κ3) is 4.70. The van der Waals surface area contributed by atoms with Crippen molar-refractivity contribution in [2.24, 2.45) is 0 Å². The van der Waals surface area contributed by atoms with E-state index in [1.54, 1.807) is 12.4 Å². The Bertz CT molecular complexity index is 814. The van der Waals surface area contributed by atoms with Gasteiger partial charge in [-0.3, -0.25) is 24.5 Å². The van der Waals surface area contributed by atoms with Gasteiger partial charge in [-0.25, -0.2) is 0 Å². The summed E-state index contributed by atoms with van der Waals surface area (Å²) in [4.78, 5) is 36.8. The van der Waals surface area contributed by atoms with Crippen molar-refractivity contribution in [3.05, 3.63) is 89.8 Å². The van der Waals surface area contributed by atoms with Crippen molar-refractivity contribution in [1.82, 2.24) is 25.6 Å². The Labute approximate surface area is 150 Å². The number of rotatable bonds is 6. The average molecular weight is 347 g/mol. The molecule has 0 saturated heterocycles. The minimum absolute atomic E-state index is 0.301. The summed E-state index contributed by atoms with van der Waals surface area (Å²) in [6.45, 7) is 0.603. The largest absolute Gasteiger partial charge is 0.346 e. The van der Waals surface area contributed by atoms with Gasteiger partial charge in [-0.1, -0.05) is 12.1 Å². The normalized spacial score (nSPS) is 10.2. The molecule has 2 N–H and O–H groups in total. The highest BCUT2D eigenvalue weighted by molar-refractivity contribution is 5.99. The average Bonchev–Trinajstić information content (AvgIpc) is 2.72. The fourth-order valence-electron chi connectivity index (χ4n) is 2.24. The lowest BCUT2D eigenvalue weighted by molar-refractivity contribution is 0.0950. The summed E-state index contributed by atoms with van der Waals surface area (Å²) in [6.07, 6.45) is 6.16. The Morgan fingerprint density at radius 2 is 1.27 bits per heavy atom. The number of nitrogens with zero attached hydrogens (tertiary/aromatic N) is 3. The van der Waals surface area contributed by atoms with Gasteiger partial charge >= 0.3 is 0 Å². The maximum absolute atomic E-state index is 12.3. The van der Waals surface area contributed by atoms with Gasteiger partial charge in [0.1, 0.15) is 0 Å². The number of nitrogens with one attached hydrogen (secondary N) is 2. The molecular formula is C19H17N5O2. The first kappa shape index (κ1) is 17.2. The van der Waals surface area contributed by atoms with E-state index >= 15 is 0 Å². The summed E-state index contributed by atoms with van der Waals surface area (Å²) in [7, 11) is 0. The van der Waals surface area contributed by atoms with E-state index in [0.717, 1.165) is 11.4 Å². The molecule has 3 aromatic heterocycles. The maximum Gasteiger partial charge on any atom is 0.253 e. The summed E-state index contributed by atoms with van der Waals surface area (Å²) in [6, 6.07) is 12.5. The van der Waals surface area contributed by atoms with Gasteiger partial charge in [0.05, 0.1) is 35.6 Å². The van der Waals surface area contributed by atoms with Crippen LogP contribution >= 0.6 is 0 Å². The van der Waals surface area contributed by atoms with Gasteiger partial charge in [-0.05, 0) is 30.3 Å². The van der Waals surface area contributed by atoms with Crippen LogP contribution in [-0.4, -0.2) is 26.8 Å². The number of pyridine rings is 3. The maximum atomic E-state index is 12.3. The molecule has 2 amide bonds. The van der Waals surface area contributed by atoms with Crippen molar-refractivity contribution in [2.45, 2.75) is 13.1 Å². The molecule has 0 aliphatic carbocycles. The van der Waals surface area contributed by atoms with Crippen LogP contribution < -0.4 is 10.6 Å². The number of aromatic nitrogens is 3. The van der Waals surface area contributed by atoms with E-state index in [9.17, 15) is 9.59 Å². The van der Waals surface area contributed by atoms with Crippen molar-refractivity contribution in [2.75, 3.05) is 0 Å². The molecule has 0 unspecified atom stereocenters. The number of carbonyl (C=O) groups excluding carboxylic acids is 2. The SMILES string of the molecule is O=C(NCc1ccccn1)c1cncc(C(=O)NCc2ccccn2)c1. The van der Waals surface area contributed by atoms with Crippen LogP contribution in [0.3, 0.4) is 0 Å². The molecule has 26 heavy (non-hydrogen) atoms. The Hall–Kier alpha value is -3.61. The van der Waals surface area contributed by atoms with Gasteiger partial charge in [0.15, 0.2) is 0 Å². The van der Waals surface area contributed by atoms with Crippen molar-refractivity contribution in [3.63, 3.8) is 0 Å². The minimum Gasteiger partial charge on any atom is -0.346 e. The summed E-state index contributed by atoms with van der Waals surface area (Å²) in [5, 5.41) is 5.51. The van der Waals surface area contributed by atoms with E-state index < -0.39 is 0 Å². The van der Waals surface area contributed by atoms with Crippen molar-refractivity contribution >= 4 is 11.8 Å². The first-order chi connectivity index (χ1) is 12.7. The van der Waals surface area contributed by atoms with Gasteiger partial charge in [-0.15, -0.1) is 0 Å². The molecular weight excluding hydrogens is 330 g/mol. The van der Waals surface area contributed by atoms with Gasteiger partial charge < -0.3 is 10.6 Å². The highest BCUT2D eigenvalue weighted by atomic mass is 16.2. The zero-order chi connectivity index (χ0) is 18.2. The van der Waals surface area contributed by atoms with E-state index in [2.05, 4.69) is 25.6 Å². The quantitative estimate of drug-likeness (QED) is 0.708. The van der Waals surface area contributed by atoms with Crippen LogP contribution in [0.15, 0.2) is 67.3 Å². The fourth-order valence-corrected chi connectivity index (χ4v) is 2.24. The van der Waals surface area contributed by atoms with E-state index in [1.807, 2.05) is 36.4 Å². The van der Waals surface area contributed by atoms with Crippen LogP contribution in [0.25, 0.3) is 0 Å². The number of hydrogen-bond donors (Lipinski definition) is 2. The lowest BCUT2D eigenvalue weighted by Gasteiger charge is -2.07. The summed E-state index contributed by atoms with van der Waals surface area (Å²) in [5.74, 6) is -0.634. The first-order valence-electron chi connectivity index (χ1n) is 8.03. The molecule has 3 heterocycles. The van der Waals surface area contributed by atoms with Crippen LogP contribution in [0, 0.1) is 0 Å². The van der Waals surface area contributed by atoms with E-state index in [-0.39, 0.29) is 11.8 Å². The number of amides is 2. The van der Waals surface area contributed by atoms with Crippen LogP contribution in [0.1, 0.15) is 32.1 Å². The highest BCUT2D eigenvalue weighted by Gasteiger charge is 2.11. The third-order valence-corrected chi connectivity index (χ3v) is 3.58. The molecule has 0 radical (unpaired) electrons. The predicted octanol–water partition coefficient (Wildman–Crippen LogP) is 1.73. The van der Waals surface area contributed by atoms with E-state index in [4.69, 9.17) is 0 Å². The number of carbonyl (C=O) groups is 2. The van der Waals surface area contributed by atoms with Crippen LogP contribution in [0.2, 0.25) is 0 Å². The van der Waals surface area contributed by atoms with E-state index in [0.29, 0.717) is 24.2 Å². The highest BCUT2D eigenvalue weighted by Crippen LogP contribution is 2.04. The number of hydrogen-bond acceptors (Lipinski definition) is 5. The molecule has 7 nitrogen and oxygen atoms in total. The monoisotopic (exact) mass is 347 g/mol. The molecule has 3 rings (SSSR count). The lowest BCUT2D eigenvalue weighted by Crippen LogP contribution is -2.26. The third-order valence-electron chi connectivity index (χ3n) is 3.58. The van der Waals surface area contributed by atoms with Crippen molar-refractivity contribution in [3.8, 4) is 0 Å². The smallest absolute Gasteiger partial charge is 0.253 e. The summed E-state index contributed by atoms with van der Waals surface area (Å²) in [5.41, 5.74) is 2.12. The summed E-state index contributed by atoms with van der Waals surface area (Å²) < 4.78 is 0. The second-order valence-electron chi connectivity index (χ2n) is 5.47. The lowest BCUT2D eigenvalue weighted by atomic mass is 10.2. The molecule has 0 saturated carbocycles. The zero-order valence-corrected chi connectivity index (χ0v) is 13.9. The Morgan fingerprint density at radius 1 is 0.769 bits per heavy atom. The topological polar surface area (TPSA) is 96.9 Å². The van der Waals surface area contributed by atoms with Gasteiger partial charge in [0.25, 0.3) is 11.8 Å². The molecule has 0 atom stereocenters. The zero-order valence-electron chi connectivity index (χ0n) is 13.9. The molecule has 0 aliphatic heterocycles. The Balaban J connectivity index is 1.60. The molecule has 0 bridgehead atoms. The van der Waals surface area contributed by atoms with Crippen LogP contribution in [0.4, 0.5) is 0 Å². The van der Waals surface area contributed by atoms with Crippen LogP contribution in [-0.2, 0) is 13.1 Å². The van der Waals surface area contributed by atoms with E-state index in [1.165, 1.54) is 18.5 Å². The minimum atomic E-state index is -0.317. The van der Waals surface area contributed by atoms with Crippen molar-refractivity contribution in [1.29, 1.82) is 0 Å². The predicted molar refractivity (Wildman–Crippen MR) is 95.1 cm³/mol. The second-order valence-corrected chi connectivity index (χ2v) is 5.47. The van der Waals surface area contributed by atoms with Gasteiger partial charge in [-0.2, -0.15) is 0 Å². The second kappa shape index (κ2) is 8.48. The first-order valence-corrected chi connectivity index (χ1v) is 8.03. The molecule has 3 aromatic rings. The Morgan fingerprint density at radius 3 is 1.69 bits per heavy atom.